The summed E-state index contributed by atoms with van der Waals surface area (Å²) in [5.74, 6) is -0.648. The average molecular weight is 156 g/mol. The highest BCUT2D eigenvalue weighted by molar-refractivity contribution is 5.93. The van der Waals surface area contributed by atoms with Crippen molar-refractivity contribution in [1.82, 2.24) is 0 Å². The molecule has 62 valence electrons. The van der Waals surface area contributed by atoms with Gasteiger partial charge in [0.1, 0.15) is 5.76 Å². The van der Waals surface area contributed by atoms with E-state index in [-0.39, 0.29) is 17.5 Å². The third-order valence-corrected chi connectivity index (χ3v) is 1.94. The van der Waals surface area contributed by atoms with Crippen LogP contribution in [-0.4, -0.2) is 16.0 Å². The largest absolute Gasteiger partial charge is 0.508 e. The molecule has 1 atom stereocenters. The molecule has 0 bridgehead atoms. The zero-order valence-electron chi connectivity index (χ0n) is 6.50. The van der Waals surface area contributed by atoms with Crippen LogP contribution in [0.4, 0.5) is 0 Å². The zero-order chi connectivity index (χ0) is 8.43. The van der Waals surface area contributed by atoms with Gasteiger partial charge < -0.3 is 10.2 Å². The van der Waals surface area contributed by atoms with E-state index in [9.17, 15) is 4.79 Å². The van der Waals surface area contributed by atoms with Crippen molar-refractivity contribution in [2.45, 2.75) is 26.2 Å². The summed E-state index contributed by atoms with van der Waals surface area (Å²) >= 11 is 0. The highest BCUT2D eigenvalue weighted by Gasteiger charge is 2.20. The molecule has 0 aromatic carbocycles. The lowest BCUT2D eigenvalue weighted by atomic mass is 10.0. The van der Waals surface area contributed by atoms with E-state index >= 15 is 0 Å². The maximum Gasteiger partial charge on any atom is 0.200 e. The van der Waals surface area contributed by atoms with E-state index in [0.29, 0.717) is 12.8 Å². The van der Waals surface area contributed by atoms with Crippen molar-refractivity contribution in [2.24, 2.45) is 5.92 Å². The highest BCUT2D eigenvalue weighted by atomic mass is 16.3. The summed E-state index contributed by atoms with van der Waals surface area (Å²) in [6, 6.07) is 0. The Morgan fingerprint density at radius 1 is 1.45 bits per heavy atom. The Kier molecular flexibility index (Phi) is 2.17. The lowest BCUT2D eigenvalue weighted by Crippen LogP contribution is -2.01. The van der Waals surface area contributed by atoms with Gasteiger partial charge in [0.25, 0.3) is 0 Å². The maximum atomic E-state index is 10.9. The summed E-state index contributed by atoms with van der Waals surface area (Å²) in [5.41, 5.74) is 0. The quantitative estimate of drug-likeness (QED) is 0.561. The molecule has 1 unspecified atom stereocenters. The summed E-state index contributed by atoms with van der Waals surface area (Å²) in [7, 11) is 0. The van der Waals surface area contributed by atoms with Crippen molar-refractivity contribution in [3.63, 3.8) is 0 Å². The first-order chi connectivity index (χ1) is 5.11. The second-order valence-electron chi connectivity index (χ2n) is 3.07. The van der Waals surface area contributed by atoms with Crippen LogP contribution in [-0.2, 0) is 4.79 Å². The number of rotatable bonds is 0. The van der Waals surface area contributed by atoms with Gasteiger partial charge in [-0.2, -0.15) is 0 Å². The van der Waals surface area contributed by atoms with Gasteiger partial charge >= 0.3 is 0 Å². The number of carbonyl (C=O) groups is 1. The molecule has 0 heterocycles. The second kappa shape index (κ2) is 2.95. The highest BCUT2D eigenvalue weighted by Crippen LogP contribution is 2.22. The first kappa shape index (κ1) is 8.11. The number of ketones is 1. The van der Waals surface area contributed by atoms with E-state index in [1.165, 1.54) is 0 Å². The molecule has 1 aliphatic rings. The van der Waals surface area contributed by atoms with Crippen molar-refractivity contribution >= 4 is 5.78 Å². The lowest BCUT2D eigenvalue weighted by molar-refractivity contribution is -0.118. The minimum atomic E-state index is -0.436. The molecule has 11 heavy (non-hydrogen) atoms. The van der Waals surface area contributed by atoms with Gasteiger partial charge in [-0.3, -0.25) is 4.79 Å². The molecular weight excluding hydrogens is 144 g/mol. The Morgan fingerprint density at radius 3 is 2.73 bits per heavy atom. The molecule has 0 aliphatic heterocycles. The molecule has 0 spiro atoms. The molecule has 0 fully saturated rings. The Morgan fingerprint density at radius 2 is 2.09 bits per heavy atom. The van der Waals surface area contributed by atoms with Crippen LogP contribution in [0.3, 0.4) is 0 Å². The standard InChI is InChI=1S/C8H12O3/c1-5-2-3-6(9)8(11)7(10)4-5/h5,10-11H,2-4H2,1H3. The van der Waals surface area contributed by atoms with Gasteiger partial charge in [-0.1, -0.05) is 6.92 Å². The summed E-state index contributed by atoms with van der Waals surface area (Å²) in [4.78, 5) is 10.9. The van der Waals surface area contributed by atoms with Crippen molar-refractivity contribution in [3.8, 4) is 0 Å². The van der Waals surface area contributed by atoms with Gasteiger partial charge in [-0.15, -0.1) is 0 Å². The van der Waals surface area contributed by atoms with E-state index in [2.05, 4.69) is 0 Å². The third kappa shape index (κ3) is 1.73. The van der Waals surface area contributed by atoms with Gasteiger partial charge in [0.2, 0.25) is 5.78 Å². The molecule has 0 aromatic rings. The molecule has 3 nitrogen and oxygen atoms in total. The van der Waals surface area contributed by atoms with Crippen LogP contribution in [0.25, 0.3) is 0 Å². The second-order valence-corrected chi connectivity index (χ2v) is 3.07. The number of Topliss-reactive ketones (excluding diaryl/α,β-unsaturated/α-hetero) is 1. The molecule has 3 heteroatoms. The van der Waals surface area contributed by atoms with Gasteiger partial charge in [0.05, 0.1) is 0 Å². The molecule has 0 saturated heterocycles. The van der Waals surface area contributed by atoms with Crippen LogP contribution in [0.2, 0.25) is 0 Å². The Balaban J connectivity index is 2.82. The fourth-order valence-corrected chi connectivity index (χ4v) is 1.19. The fraction of sp³-hybridized carbons (Fsp3) is 0.625. The SMILES string of the molecule is CC1CCC(=O)C(O)=C(O)C1. The molecule has 0 saturated carbocycles. The molecule has 0 radical (unpaired) electrons. The van der Waals surface area contributed by atoms with Crippen molar-refractivity contribution in [1.29, 1.82) is 0 Å². The number of hydrogen-bond donors (Lipinski definition) is 2. The topological polar surface area (TPSA) is 57.5 Å². The molecular formula is C8H12O3. The summed E-state index contributed by atoms with van der Waals surface area (Å²) in [6.07, 6.45) is 1.50. The maximum absolute atomic E-state index is 10.9. The molecule has 0 amide bonds. The van der Waals surface area contributed by atoms with Crippen LogP contribution in [0, 0.1) is 5.92 Å². The van der Waals surface area contributed by atoms with E-state index in [1.807, 2.05) is 6.92 Å². The average Bonchev–Trinajstić information content (AvgIpc) is 2.05. The van der Waals surface area contributed by atoms with Gasteiger partial charge in [-0.05, 0) is 12.3 Å². The van der Waals surface area contributed by atoms with E-state index in [0.717, 1.165) is 6.42 Å². The Bertz CT molecular complexity index is 205. The smallest absolute Gasteiger partial charge is 0.200 e. The van der Waals surface area contributed by atoms with Crippen molar-refractivity contribution in [2.75, 3.05) is 0 Å². The van der Waals surface area contributed by atoms with Gasteiger partial charge in [0.15, 0.2) is 5.76 Å². The minimum absolute atomic E-state index is 0.153. The molecule has 2 N–H and O–H groups in total. The van der Waals surface area contributed by atoms with Crippen LogP contribution in [0.1, 0.15) is 26.2 Å². The van der Waals surface area contributed by atoms with Crippen LogP contribution < -0.4 is 0 Å². The van der Waals surface area contributed by atoms with Gasteiger partial charge in [0, 0.05) is 12.8 Å². The monoisotopic (exact) mass is 156 g/mol. The Hall–Kier alpha value is -0.990. The van der Waals surface area contributed by atoms with Crippen molar-refractivity contribution < 1.29 is 15.0 Å². The van der Waals surface area contributed by atoms with Gasteiger partial charge in [-0.25, -0.2) is 0 Å². The fourth-order valence-electron chi connectivity index (χ4n) is 1.19. The van der Waals surface area contributed by atoms with E-state index in [1.54, 1.807) is 0 Å². The predicted molar refractivity (Wildman–Crippen MR) is 40.3 cm³/mol. The Labute approximate surface area is 65.3 Å². The molecule has 1 aliphatic carbocycles. The molecule has 0 aromatic heterocycles. The predicted octanol–water partition coefficient (Wildman–Crippen LogP) is 1.70. The summed E-state index contributed by atoms with van der Waals surface area (Å²) in [5, 5.41) is 18.1. The third-order valence-electron chi connectivity index (χ3n) is 1.94. The summed E-state index contributed by atoms with van der Waals surface area (Å²) in [6.45, 7) is 1.95. The normalized spacial score (nSPS) is 27.0. The van der Waals surface area contributed by atoms with E-state index in [4.69, 9.17) is 10.2 Å². The lowest BCUT2D eigenvalue weighted by Gasteiger charge is -2.03. The first-order valence-electron chi connectivity index (χ1n) is 3.75. The van der Waals surface area contributed by atoms with Crippen LogP contribution in [0.5, 0.6) is 0 Å². The van der Waals surface area contributed by atoms with Crippen LogP contribution in [0.15, 0.2) is 11.5 Å². The number of carbonyl (C=O) groups excluding carboxylic acids is 1. The number of allylic oxidation sites excluding steroid dienone is 2. The van der Waals surface area contributed by atoms with Crippen molar-refractivity contribution in [3.05, 3.63) is 11.5 Å². The number of aliphatic hydroxyl groups excluding tert-OH is 2. The first-order valence-corrected chi connectivity index (χ1v) is 3.75. The number of hydrogen-bond acceptors (Lipinski definition) is 3. The van der Waals surface area contributed by atoms with E-state index < -0.39 is 5.76 Å². The molecule has 1 rings (SSSR count). The minimum Gasteiger partial charge on any atom is -0.508 e. The zero-order valence-corrected chi connectivity index (χ0v) is 6.50. The summed E-state index contributed by atoms with van der Waals surface area (Å²) < 4.78 is 0. The number of aliphatic hydroxyl groups is 2. The van der Waals surface area contributed by atoms with Crippen LogP contribution >= 0.6 is 0 Å².